The molecule has 0 saturated heterocycles. The van der Waals surface area contributed by atoms with E-state index in [1.807, 2.05) is 25.1 Å². The third kappa shape index (κ3) is 5.32. The molecule has 1 aliphatic carbocycles. The van der Waals surface area contributed by atoms with Gasteiger partial charge in [-0.05, 0) is 75.0 Å². The lowest BCUT2D eigenvalue weighted by molar-refractivity contribution is 0.387. The maximum atomic E-state index is 5.53. The number of rotatable bonds is 5. The summed E-state index contributed by atoms with van der Waals surface area (Å²) in [5.74, 6) is 1.62. The summed E-state index contributed by atoms with van der Waals surface area (Å²) in [6.07, 6.45) is 6.08. The summed E-state index contributed by atoms with van der Waals surface area (Å²) in [6.45, 7) is 4.23. The minimum atomic E-state index is 0.399. The zero-order chi connectivity index (χ0) is 20.1. The molecular formula is C21H30N6S. The molecule has 1 aromatic carbocycles. The fourth-order valence-electron chi connectivity index (χ4n) is 3.46. The van der Waals surface area contributed by atoms with E-state index in [0.29, 0.717) is 23.1 Å². The van der Waals surface area contributed by atoms with Gasteiger partial charge in [0.1, 0.15) is 5.82 Å². The molecule has 1 heterocycles. The summed E-state index contributed by atoms with van der Waals surface area (Å²) in [7, 11) is 3.97. The highest BCUT2D eigenvalue weighted by Crippen LogP contribution is 2.22. The van der Waals surface area contributed by atoms with Gasteiger partial charge < -0.3 is 20.9 Å². The smallest absolute Gasteiger partial charge is 0.224 e. The van der Waals surface area contributed by atoms with Crippen molar-refractivity contribution in [2.24, 2.45) is 0 Å². The van der Waals surface area contributed by atoms with Gasteiger partial charge in [-0.2, -0.15) is 4.98 Å². The summed E-state index contributed by atoms with van der Waals surface area (Å²) in [6, 6.07) is 8.95. The molecule has 1 aliphatic rings. The van der Waals surface area contributed by atoms with E-state index in [2.05, 4.69) is 58.0 Å². The van der Waals surface area contributed by atoms with Gasteiger partial charge in [0.2, 0.25) is 5.95 Å². The van der Waals surface area contributed by atoms with Crippen molar-refractivity contribution in [1.82, 2.24) is 15.3 Å². The van der Waals surface area contributed by atoms with Crippen LogP contribution in [-0.2, 0) is 0 Å². The molecular weight excluding hydrogens is 368 g/mol. The first-order valence-corrected chi connectivity index (χ1v) is 10.2. The van der Waals surface area contributed by atoms with Crippen LogP contribution in [0.4, 0.5) is 17.5 Å². The van der Waals surface area contributed by atoms with Crippen LogP contribution in [0.5, 0.6) is 0 Å². The molecule has 0 amide bonds. The minimum absolute atomic E-state index is 0.399. The molecule has 0 bridgehead atoms. The molecule has 28 heavy (non-hydrogen) atoms. The van der Waals surface area contributed by atoms with Crippen molar-refractivity contribution in [3.05, 3.63) is 41.6 Å². The Kier molecular flexibility index (Phi) is 6.67. The van der Waals surface area contributed by atoms with Gasteiger partial charge in [-0.3, -0.25) is 0 Å². The Hall–Kier alpha value is -2.41. The summed E-state index contributed by atoms with van der Waals surface area (Å²) in [5.41, 5.74) is 3.57. The highest BCUT2D eigenvalue weighted by atomic mass is 32.1. The number of thiocarbonyl (C=S) groups is 1. The molecule has 1 fully saturated rings. The van der Waals surface area contributed by atoms with Crippen LogP contribution in [0.15, 0.2) is 30.5 Å². The van der Waals surface area contributed by atoms with E-state index in [1.54, 1.807) is 6.20 Å². The van der Waals surface area contributed by atoms with E-state index in [1.165, 1.54) is 11.1 Å². The van der Waals surface area contributed by atoms with E-state index in [-0.39, 0.29) is 0 Å². The van der Waals surface area contributed by atoms with Crippen molar-refractivity contribution in [3.63, 3.8) is 0 Å². The quantitative estimate of drug-likeness (QED) is 0.661. The van der Waals surface area contributed by atoms with E-state index in [0.717, 1.165) is 37.2 Å². The van der Waals surface area contributed by atoms with Crippen molar-refractivity contribution in [2.75, 3.05) is 29.6 Å². The van der Waals surface area contributed by atoms with Crippen LogP contribution < -0.4 is 20.9 Å². The number of hydrogen-bond acceptors (Lipinski definition) is 5. The predicted octanol–water partition coefficient (Wildman–Crippen LogP) is 3.87. The first-order valence-electron chi connectivity index (χ1n) is 9.83. The maximum absolute atomic E-state index is 5.53. The second kappa shape index (κ2) is 9.19. The lowest BCUT2D eigenvalue weighted by Crippen LogP contribution is -2.42. The van der Waals surface area contributed by atoms with E-state index < -0.39 is 0 Å². The molecule has 1 aromatic heterocycles. The first-order chi connectivity index (χ1) is 13.4. The third-order valence-electron chi connectivity index (χ3n) is 5.35. The zero-order valence-electron chi connectivity index (χ0n) is 17.1. The summed E-state index contributed by atoms with van der Waals surface area (Å²) < 4.78 is 0. The monoisotopic (exact) mass is 398 g/mol. The fourth-order valence-corrected chi connectivity index (χ4v) is 3.74. The van der Waals surface area contributed by atoms with Gasteiger partial charge in [0, 0.05) is 38.1 Å². The molecule has 150 valence electrons. The summed E-state index contributed by atoms with van der Waals surface area (Å²) in [5, 5.41) is 11.0. The van der Waals surface area contributed by atoms with Gasteiger partial charge in [0.25, 0.3) is 0 Å². The molecule has 2 aromatic rings. The average Bonchev–Trinajstić information content (AvgIpc) is 2.67. The van der Waals surface area contributed by atoms with Gasteiger partial charge in [-0.25, -0.2) is 4.98 Å². The highest BCUT2D eigenvalue weighted by Gasteiger charge is 2.22. The molecule has 7 heteroatoms. The summed E-state index contributed by atoms with van der Waals surface area (Å²) in [4.78, 5) is 10.9. The van der Waals surface area contributed by atoms with Gasteiger partial charge >= 0.3 is 0 Å². The fraction of sp³-hybridized carbons (Fsp3) is 0.476. The van der Waals surface area contributed by atoms with Crippen molar-refractivity contribution >= 4 is 34.8 Å². The number of nitrogens with zero attached hydrogens (tertiary/aromatic N) is 3. The van der Waals surface area contributed by atoms with E-state index in [9.17, 15) is 0 Å². The predicted molar refractivity (Wildman–Crippen MR) is 121 cm³/mol. The third-order valence-corrected chi connectivity index (χ3v) is 5.57. The lowest BCUT2D eigenvalue weighted by atomic mass is 9.91. The summed E-state index contributed by atoms with van der Waals surface area (Å²) >= 11 is 5.53. The Bertz CT molecular complexity index is 814. The maximum Gasteiger partial charge on any atom is 0.224 e. The van der Waals surface area contributed by atoms with E-state index >= 15 is 0 Å². The minimum Gasteiger partial charge on any atom is -0.363 e. The largest absolute Gasteiger partial charge is 0.363 e. The van der Waals surface area contributed by atoms with Crippen molar-refractivity contribution in [2.45, 2.75) is 51.6 Å². The topological polar surface area (TPSA) is 65.1 Å². The van der Waals surface area contributed by atoms with Crippen LogP contribution in [-0.4, -0.2) is 41.3 Å². The molecule has 1 saturated carbocycles. The van der Waals surface area contributed by atoms with Crippen LogP contribution in [0.2, 0.25) is 0 Å². The Labute approximate surface area is 173 Å². The Morgan fingerprint density at radius 3 is 2.50 bits per heavy atom. The van der Waals surface area contributed by atoms with Crippen molar-refractivity contribution in [3.8, 4) is 0 Å². The van der Waals surface area contributed by atoms with Crippen LogP contribution in [0.25, 0.3) is 0 Å². The second-order valence-electron chi connectivity index (χ2n) is 7.67. The standard InChI is InChI=1S/C21H30N6S/c1-14-6-5-7-18(15(14)2)25-21(28)24-17-10-8-16(9-11-17)23-20-22-13-12-19(26-20)27(3)4/h5-7,12-13,16-17H,8-11H2,1-4H3,(H,22,23,26)(H2,24,25,28). The van der Waals surface area contributed by atoms with Crippen LogP contribution in [0, 0.1) is 13.8 Å². The Balaban J connectivity index is 1.47. The zero-order valence-corrected chi connectivity index (χ0v) is 17.9. The molecule has 0 atom stereocenters. The Morgan fingerprint density at radius 2 is 1.79 bits per heavy atom. The molecule has 0 unspecified atom stereocenters. The number of anilines is 3. The number of aromatic nitrogens is 2. The van der Waals surface area contributed by atoms with Gasteiger partial charge in [-0.1, -0.05) is 12.1 Å². The molecule has 0 radical (unpaired) electrons. The van der Waals surface area contributed by atoms with Crippen LogP contribution in [0.1, 0.15) is 36.8 Å². The highest BCUT2D eigenvalue weighted by molar-refractivity contribution is 7.80. The molecule has 3 rings (SSSR count). The van der Waals surface area contributed by atoms with Crippen LogP contribution in [0.3, 0.4) is 0 Å². The average molecular weight is 399 g/mol. The SMILES string of the molecule is Cc1cccc(NC(=S)NC2CCC(Nc3nccc(N(C)C)n3)CC2)c1C. The van der Waals surface area contributed by atoms with Crippen molar-refractivity contribution in [1.29, 1.82) is 0 Å². The van der Waals surface area contributed by atoms with Gasteiger partial charge in [-0.15, -0.1) is 0 Å². The second-order valence-corrected chi connectivity index (χ2v) is 8.08. The Morgan fingerprint density at radius 1 is 1.07 bits per heavy atom. The van der Waals surface area contributed by atoms with Crippen LogP contribution >= 0.6 is 12.2 Å². The molecule has 6 nitrogen and oxygen atoms in total. The van der Waals surface area contributed by atoms with E-state index in [4.69, 9.17) is 12.2 Å². The number of benzene rings is 1. The number of aryl methyl sites for hydroxylation is 1. The lowest BCUT2D eigenvalue weighted by Gasteiger charge is -2.30. The molecule has 0 spiro atoms. The normalized spacial score (nSPS) is 19.0. The van der Waals surface area contributed by atoms with Gasteiger partial charge in [0.15, 0.2) is 5.11 Å². The molecule has 0 aliphatic heterocycles. The number of nitrogens with one attached hydrogen (secondary N) is 3. The first kappa shape index (κ1) is 20.3. The van der Waals surface area contributed by atoms with Gasteiger partial charge in [0.05, 0.1) is 0 Å². The van der Waals surface area contributed by atoms with Crippen molar-refractivity contribution < 1.29 is 0 Å². The molecule has 3 N–H and O–H groups in total. The number of hydrogen-bond donors (Lipinski definition) is 3.